The van der Waals surface area contributed by atoms with Crippen LogP contribution in [-0.4, -0.2) is 16.3 Å². The van der Waals surface area contributed by atoms with Crippen LogP contribution in [0.1, 0.15) is 21.6 Å². The third-order valence-corrected chi connectivity index (χ3v) is 3.35. The summed E-state index contributed by atoms with van der Waals surface area (Å²) in [7, 11) is 0. The van der Waals surface area contributed by atoms with Gasteiger partial charge < -0.3 is 9.47 Å². The van der Waals surface area contributed by atoms with E-state index in [1.807, 2.05) is 60.7 Å². The lowest BCUT2D eigenvalue weighted by Gasteiger charge is -2.12. The molecule has 3 rings (SSSR count). The quantitative estimate of drug-likeness (QED) is 0.624. The second-order valence-electron chi connectivity index (χ2n) is 5.06. The van der Waals surface area contributed by atoms with E-state index >= 15 is 0 Å². The summed E-state index contributed by atoms with van der Waals surface area (Å²) in [5.41, 5.74) is 2.15. The van der Waals surface area contributed by atoms with E-state index in [0.717, 1.165) is 11.1 Å². The minimum Gasteiger partial charge on any atom is -0.481 e. The summed E-state index contributed by atoms with van der Waals surface area (Å²) in [4.78, 5) is 19.3. The molecule has 0 spiro atoms. The molecule has 120 valence electrons. The van der Waals surface area contributed by atoms with Gasteiger partial charge in [0.1, 0.15) is 19.5 Å². The number of nitrogens with zero attached hydrogens (tertiary/aromatic N) is 2. The number of carbonyl (C=O) groups is 1. The number of carbonyl (C=O) groups excluding carboxylic acids is 1. The Bertz CT molecular complexity index is 792. The number of hydrogen-bond donors (Lipinski definition) is 0. The third-order valence-electron chi connectivity index (χ3n) is 3.35. The SMILES string of the molecule is O=Cc1ncnc(OCc2ccccc2)c1OCc1ccccc1. The number of aromatic nitrogens is 2. The van der Waals surface area contributed by atoms with Crippen LogP contribution in [0.25, 0.3) is 0 Å². The van der Waals surface area contributed by atoms with Gasteiger partial charge in [-0.3, -0.25) is 4.79 Å². The topological polar surface area (TPSA) is 61.3 Å². The Balaban J connectivity index is 1.77. The summed E-state index contributed by atoms with van der Waals surface area (Å²) in [6.45, 7) is 0.634. The van der Waals surface area contributed by atoms with Crippen LogP contribution in [0.2, 0.25) is 0 Å². The van der Waals surface area contributed by atoms with E-state index in [1.54, 1.807) is 0 Å². The first kappa shape index (κ1) is 15.7. The van der Waals surface area contributed by atoms with Crippen molar-refractivity contribution in [2.75, 3.05) is 0 Å². The fourth-order valence-electron chi connectivity index (χ4n) is 2.15. The smallest absolute Gasteiger partial charge is 0.261 e. The van der Waals surface area contributed by atoms with Crippen molar-refractivity contribution in [2.45, 2.75) is 13.2 Å². The van der Waals surface area contributed by atoms with Crippen molar-refractivity contribution in [3.63, 3.8) is 0 Å². The Labute approximate surface area is 139 Å². The van der Waals surface area contributed by atoms with Gasteiger partial charge in [0.15, 0.2) is 12.0 Å². The fraction of sp³-hybridized carbons (Fsp3) is 0.105. The Morgan fingerprint density at radius 2 is 1.38 bits per heavy atom. The van der Waals surface area contributed by atoms with Crippen LogP contribution in [0.3, 0.4) is 0 Å². The van der Waals surface area contributed by atoms with Gasteiger partial charge in [-0.2, -0.15) is 4.98 Å². The Hall–Kier alpha value is -3.21. The zero-order chi connectivity index (χ0) is 16.6. The van der Waals surface area contributed by atoms with E-state index in [-0.39, 0.29) is 17.3 Å². The number of rotatable bonds is 7. The fourth-order valence-corrected chi connectivity index (χ4v) is 2.15. The summed E-state index contributed by atoms with van der Waals surface area (Å²) >= 11 is 0. The molecule has 0 atom stereocenters. The van der Waals surface area contributed by atoms with Crippen LogP contribution in [-0.2, 0) is 13.2 Å². The largest absolute Gasteiger partial charge is 0.481 e. The zero-order valence-corrected chi connectivity index (χ0v) is 13.0. The highest BCUT2D eigenvalue weighted by Crippen LogP contribution is 2.28. The predicted molar refractivity (Wildman–Crippen MR) is 89.0 cm³/mol. The Kier molecular flexibility index (Phi) is 5.14. The zero-order valence-electron chi connectivity index (χ0n) is 13.0. The predicted octanol–water partition coefficient (Wildman–Crippen LogP) is 3.45. The Morgan fingerprint density at radius 3 is 1.96 bits per heavy atom. The van der Waals surface area contributed by atoms with Gasteiger partial charge in [-0.05, 0) is 11.1 Å². The summed E-state index contributed by atoms with van der Waals surface area (Å²) in [6.07, 6.45) is 1.93. The second-order valence-corrected chi connectivity index (χ2v) is 5.06. The lowest BCUT2D eigenvalue weighted by molar-refractivity contribution is 0.111. The highest BCUT2D eigenvalue weighted by Gasteiger charge is 2.14. The van der Waals surface area contributed by atoms with Crippen molar-refractivity contribution < 1.29 is 14.3 Å². The molecule has 5 heteroatoms. The van der Waals surface area contributed by atoms with Crippen molar-refractivity contribution in [3.05, 3.63) is 83.8 Å². The van der Waals surface area contributed by atoms with Crippen LogP contribution >= 0.6 is 0 Å². The number of aldehydes is 1. The van der Waals surface area contributed by atoms with Gasteiger partial charge in [-0.1, -0.05) is 60.7 Å². The summed E-state index contributed by atoms with van der Waals surface area (Å²) in [5.74, 6) is 0.513. The van der Waals surface area contributed by atoms with Crippen LogP contribution in [0, 0.1) is 0 Å². The number of benzene rings is 2. The molecule has 0 unspecified atom stereocenters. The van der Waals surface area contributed by atoms with Crippen molar-refractivity contribution >= 4 is 6.29 Å². The molecule has 0 aliphatic heterocycles. The minimum atomic E-state index is 0.170. The molecule has 24 heavy (non-hydrogen) atoms. The molecule has 0 N–H and O–H groups in total. The molecule has 3 aromatic rings. The van der Waals surface area contributed by atoms with Gasteiger partial charge >= 0.3 is 0 Å². The van der Waals surface area contributed by atoms with E-state index in [0.29, 0.717) is 19.5 Å². The van der Waals surface area contributed by atoms with Crippen LogP contribution in [0.4, 0.5) is 0 Å². The molecule has 0 bridgehead atoms. The number of hydrogen-bond acceptors (Lipinski definition) is 5. The molecule has 0 radical (unpaired) electrons. The normalized spacial score (nSPS) is 10.2. The van der Waals surface area contributed by atoms with Crippen molar-refractivity contribution in [3.8, 4) is 11.6 Å². The van der Waals surface area contributed by atoms with Crippen LogP contribution in [0.15, 0.2) is 67.0 Å². The van der Waals surface area contributed by atoms with E-state index in [2.05, 4.69) is 9.97 Å². The molecule has 0 aliphatic rings. The summed E-state index contributed by atoms with van der Waals surface area (Å²) in [6, 6.07) is 19.4. The molecule has 0 aliphatic carbocycles. The monoisotopic (exact) mass is 320 g/mol. The molecule has 5 nitrogen and oxygen atoms in total. The van der Waals surface area contributed by atoms with Crippen LogP contribution in [0.5, 0.6) is 11.6 Å². The first-order valence-electron chi connectivity index (χ1n) is 7.50. The maximum absolute atomic E-state index is 11.2. The highest BCUT2D eigenvalue weighted by atomic mass is 16.5. The molecule has 0 fully saturated rings. The van der Waals surface area contributed by atoms with E-state index < -0.39 is 0 Å². The highest BCUT2D eigenvalue weighted by molar-refractivity contribution is 5.77. The molecular formula is C19H16N2O3. The molecular weight excluding hydrogens is 304 g/mol. The van der Waals surface area contributed by atoms with Gasteiger partial charge in [0.25, 0.3) is 5.88 Å². The molecule has 2 aromatic carbocycles. The third kappa shape index (κ3) is 3.95. The average molecular weight is 320 g/mol. The Morgan fingerprint density at radius 1 is 0.792 bits per heavy atom. The lowest BCUT2D eigenvalue weighted by atomic mass is 10.2. The second kappa shape index (κ2) is 7.87. The van der Waals surface area contributed by atoms with E-state index in [1.165, 1.54) is 6.33 Å². The molecule has 0 amide bonds. The molecule has 1 aromatic heterocycles. The first-order chi connectivity index (χ1) is 11.9. The van der Waals surface area contributed by atoms with Gasteiger partial charge in [0, 0.05) is 0 Å². The first-order valence-corrected chi connectivity index (χ1v) is 7.50. The summed E-state index contributed by atoms with van der Waals surface area (Å²) in [5, 5.41) is 0. The van der Waals surface area contributed by atoms with Gasteiger partial charge in [-0.15, -0.1) is 0 Å². The van der Waals surface area contributed by atoms with Gasteiger partial charge in [0.2, 0.25) is 5.75 Å². The van der Waals surface area contributed by atoms with E-state index in [9.17, 15) is 4.79 Å². The standard InChI is InChI=1S/C19H16N2O3/c22-11-17-18(23-12-15-7-3-1-4-8-15)19(21-14-20-17)24-13-16-9-5-2-6-10-16/h1-11,14H,12-13H2. The van der Waals surface area contributed by atoms with Crippen molar-refractivity contribution in [1.29, 1.82) is 0 Å². The number of ether oxygens (including phenoxy) is 2. The maximum atomic E-state index is 11.2. The average Bonchev–Trinajstić information content (AvgIpc) is 2.66. The van der Waals surface area contributed by atoms with Crippen molar-refractivity contribution in [1.82, 2.24) is 9.97 Å². The van der Waals surface area contributed by atoms with E-state index in [4.69, 9.17) is 9.47 Å². The maximum Gasteiger partial charge on any atom is 0.261 e. The van der Waals surface area contributed by atoms with Gasteiger partial charge in [-0.25, -0.2) is 4.98 Å². The minimum absolute atomic E-state index is 0.170. The van der Waals surface area contributed by atoms with Crippen molar-refractivity contribution in [2.24, 2.45) is 0 Å². The van der Waals surface area contributed by atoms with Crippen LogP contribution < -0.4 is 9.47 Å². The van der Waals surface area contributed by atoms with Gasteiger partial charge in [0.05, 0.1) is 0 Å². The molecule has 0 saturated carbocycles. The molecule has 0 saturated heterocycles. The molecule has 1 heterocycles. The lowest BCUT2D eigenvalue weighted by Crippen LogP contribution is -2.06. The summed E-state index contributed by atoms with van der Waals surface area (Å²) < 4.78 is 11.5.